The second-order valence-electron chi connectivity index (χ2n) is 5.84. The number of pyridine rings is 1. The van der Waals surface area contributed by atoms with E-state index in [-0.39, 0.29) is 16.9 Å². The minimum absolute atomic E-state index is 0.143. The molecule has 3 heterocycles. The average molecular weight is 375 g/mol. The molecule has 0 saturated heterocycles. The molecule has 1 aromatic carbocycles. The Hall–Kier alpha value is -4.41. The van der Waals surface area contributed by atoms with Gasteiger partial charge in [-0.05, 0) is 10.3 Å². The predicted octanol–water partition coefficient (Wildman–Crippen LogP) is 0.982. The van der Waals surface area contributed by atoms with Gasteiger partial charge in [-0.3, -0.25) is 4.79 Å². The smallest absolute Gasteiger partial charge is 0.276 e. The number of amides is 1. The summed E-state index contributed by atoms with van der Waals surface area (Å²) < 4.78 is 4.66. The van der Waals surface area contributed by atoms with Crippen molar-refractivity contribution in [1.82, 2.24) is 30.7 Å². The second-order valence-corrected chi connectivity index (χ2v) is 5.84. The molecule has 0 aliphatic heterocycles. The molecule has 0 bridgehead atoms. The molecule has 0 spiro atoms. The largest absolute Gasteiger partial charge is 0.507 e. The molecule has 28 heavy (non-hydrogen) atoms. The fraction of sp³-hybridized carbons (Fsp3) is 0. The summed E-state index contributed by atoms with van der Waals surface area (Å²) in [6.07, 6.45) is 1.04. The van der Waals surface area contributed by atoms with Crippen molar-refractivity contribution >= 4 is 22.9 Å². The van der Waals surface area contributed by atoms with Crippen molar-refractivity contribution in [1.29, 1.82) is 0 Å². The highest BCUT2D eigenvalue weighted by Gasteiger charge is 2.29. The maximum absolute atomic E-state index is 12.4. The molecule has 1 amide bonds. The van der Waals surface area contributed by atoms with Crippen molar-refractivity contribution in [3.8, 4) is 22.9 Å². The number of hydrazone groups is 1. The lowest BCUT2D eigenvalue weighted by Crippen LogP contribution is -2.20. The van der Waals surface area contributed by atoms with Gasteiger partial charge in [-0.25, -0.2) is 25.0 Å². The van der Waals surface area contributed by atoms with Crippen molar-refractivity contribution in [3.63, 3.8) is 0 Å². The van der Waals surface area contributed by atoms with Crippen LogP contribution in [-0.2, 0) is 0 Å². The van der Waals surface area contributed by atoms with Crippen molar-refractivity contribution in [2.45, 2.75) is 0 Å². The molecular weight excluding hydrogens is 366 g/mol. The Kier molecular flexibility index (Phi) is 3.28. The van der Waals surface area contributed by atoms with Crippen LogP contribution < -0.4 is 5.43 Å². The number of aromatic nitrogens is 5. The third kappa shape index (κ3) is 2.34. The Balaban J connectivity index is 1.58. The van der Waals surface area contributed by atoms with Gasteiger partial charge < -0.3 is 10.2 Å². The molecule has 3 N–H and O–H groups in total. The van der Waals surface area contributed by atoms with E-state index in [0.29, 0.717) is 17.1 Å². The number of carbonyl (C=O) groups is 1. The molecule has 3 aromatic heterocycles. The number of benzene rings is 1. The maximum atomic E-state index is 12.4. The number of nitrogens with one attached hydrogen (secondary N) is 1. The van der Waals surface area contributed by atoms with Gasteiger partial charge >= 0.3 is 0 Å². The molecule has 0 fully saturated rings. The number of carbonyl (C=O) groups excluding carboxylic acids is 1. The summed E-state index contributed by atoms with van der Waals surface area (Å²) in [6, 6.07) is 8.30. The topological polar surface area (TPSA) is 160 Å². The molecule has 4 aromatic rings. The van der Waals surface area contributed by atoms with Crippen molar-refractivity contribution < 1.29 is 19.6 Å². The highest BCUT2D eigenvalue weighted by molar-refractivity contribution is 6.23. The van der Waals surface area contributed by atoms with E-state index in [2.05, 4.69) is 40.4 Å². The minimum Gasteiger partial charge on any atom is -0.507 e. The van der Waals surface area contributed by atoms with Gasteiger partial charge in [0.2, 0.25) is 17.2 Å². The fourth-order valence-corrected chi connectivity index (χ4v) is 2.90. The maximum Gasteiger partial charge on any atom is 0.276 e. The zero-order chi connectivity index (χ0) is 19.3. The summed E-state index contributed by atoms with van der Waals surface area (Å²) in [6.45, 7) is 0. The van der Waals surface area contributed by atoms with Crippen molar-refractivity contribution in [3.05, 3.63) is 53.3 Å². The standard InChI is InChI=1S/C17H9N7O4/c25-10-5-11(26)18-6-9(10)17(27)22-21-13-8-4-2-1-3-7(8)12-14(13)20-16-15(19-12)23-28-24-16/h1-6H,(H,22,27)(H2,18,25,26)/b21-13-. The van der Waals surface area contributed by atoms with Gasteiger partial charge in [0.05, 0.1) is 0 Å². The lowest BCUT2D eigenvalue weighted by Gasteiger charge is -2.04. The quantitative estimate of drug-likeness (QED) is 0.382. The zero-order valence-corrected chi connectivity index (χ0v) is 13.9. The SMILES string of the molecule is O=C(N/N=C1/c2ccccc2-c2nc3nonc3nc21)c1cnc(O)cc1O. The van der Waals surface area contributed by atoms with Gasteiger partial charge in [0.25, 0.3) is 5.91 Å². The summed E-state index contributed by atoms with van der Waals surface area (Å²) in [7, 11) is 0. The van der Waals surface area contributed by atoms with Crippen LogP contribution in [0.2, 0.25) is 0 Å². The number of hydrogen-bond acceptors (Lipinski definition) is 10. The van der Waals surface area contributed by atoms with Crippen LogP contribution in [0.15, 0.2) is 46.3 Å². The van der Waals surface area contributed by atoms with E-state index in [9.17, 15) is 15.0 Å². The lowest BCUT2D eigenvalue weighted by molar-refractivity contribution is 0.0952. The average Bonchev–Trinajstić information content (AvgIpc) is 3.26. The van der Waals surface area contributed by atoms with E-state index in [4.69, 9.17) is 0 Å². The third-order valence-electron chi connectivity index (χ3n) is 4.16. The first-order chi connectivity index (χ1) is 13.6. The van der Waals surface area contributed by atoms with Crippen molar-refractivity contribution in [2.24, 2.45) is 5.10 Å². The normalized spacial score (nSPS) is 13.5. The highest BCUT2D eigenvalue weighted by Crippen LogP contribution is 2.35. The number of nitrogens with zero attached hydrogens (tertiary/aromatic N) is 6. The molecule has 0 atom stereocenters. The van der Waals surface area contributed by atoms with Gasteiger partial charge in [0.15, 0.2) is 0 Å². The van der Waals surface area contributed by atoms with Crippen LogP contribution in [0.4, 0.5) is 0 Å². The van der Waals surface area contributed by atoms with Crippen molar-refractivity contribution in [2.75, 3.05) is 0 Å². The number of aromatic hydroxyl groups is 2. The Morgan fingerprint density at radius 2 is 1.75 bits per heavy atom. The summed E-state index contributed by atoms with van der Waals surface area (Å²) in [5.41, 5.74) is 5.53. The summed E-state index contributed by atoms with van der Waals surface area (Å²) in [5, 5.41) is 30.6. The van der Waals surface area contributed by atoms with Gasteiger partial charge in [-0.1, -0.05) is 24.3 Å². The molecule has 0 unspecified atom stereocenters. The van der Waals surface area contributed by atoms with Gasteiger partial charge in [-0.15, -0.1) is 0 Å². The van der Waals surface area contributed by atoms with Gasteiger partial charge in [0.1, 0.15) is 28.4 Å². The molecule has 1 aliphatic rings. The Bertz CT molecular complexity index is 1300. The van der Waals surface area contributed by atoms with E-state index in [1.54, 1.807) is 0 Å². The van der Waals surface area contributed by atoms with Gasteiger partial charge in [-0.2, -0.15) is 5.10 Å². The molecule has 5 rings (SSSR count). The van der Waals surface area contributed by atoms with Crippen LogP contribution in [0, 0.1) is 0 Å². The number of rotatable bonds is 2. The van der Waals surface area contributed by atoms with Gasteiger partial charge in [0, 0.05) is 23.4 Å². The van der Waals surface area contributed by atoms with Crippen LogP contribution >= 0.6 is 0 Å². The Morgan fingerprint density at radius 3 is 2.50 bits per heavy atom. The Morgan fingerprint density at radius 1 is 1.04 bits per heavy atom. The molecule has 0 saturated carbocycles. The summed E-state index contributed by atoms with van der Waals surface area (Å²) in [4.78, 5) is 24.7. The predicted molar refractivity (Wildman–Crippen MR) is 93.5 cm³/mol. The molecule has 136 valence electrons. The fourth-order valence-electron chi connectivity index (χ4n) is 2.90. The summed E-state index contributed by atoms with van der Waals surface area (Å²) >= 11 is 0. The first-order valence-electron chi connectivity index (χ1n) is 7.98. The molecule has 0 radical (unpaired) electrons. The minimum atomic E-state index is -0.708. The molecule has 11 heteroatoms. The third-order valence-corrected chi connectivity index (χ3v) is 4.16. The first kappa shape index (κ1) is 15.8. The number of hydrogen-bond donors (Lipinski definition) is 3. The van der Waals surface area contributed by atoms with Crippen LogP contribution in [0.5, 0.6) is 11.6 Å². The van der Waals surface area contributed by atoms with Crippen LogP contribution in [0.3, 0.4) is 0 Å². The van der Waals surface area contributed by atoms with E-state index >= 15 is 0 Å². The lowest BCUT2D eigenvalue weighted by atomic mass is 10.1. The van der Waals surface area contributed by atoms with E-state index < -0.39 is 17.5 Å². The Labute approximate surface area is 155 Å². The highest BCUT2D eigenvalue weighted by atomic mass is 16.6. The number of fused-ring (bicyclic) bond motifs is 4. The summed E-state index contributed by atoms with van der Waals surface area (Å²) in [5.74, 6) is -1.53. The van der Waals surface area contributed by atoms with E-state index in [0.717, 1.165) is 23.4 Å². The van der Waals surface area contributed by atoms with Crippen LogP contribution in [-0.4, -0.2) is 47.1 Å². The second kappa shape index (κ2) is 5.81. The first-order valence-corrected chi connectivity index (χ1v) is 7.98. The monoisotopic (exact) mass is 375 g/mol. The van der Waals surface area contributed by atoms with E-state index in [1.807, 2.05) is 24.3 Å². The van der Waals surface area contributed by atoms with Crippen LogP contribution in [0.25, 0.3) is 22.6 Å². The molecular formula is C17H9N7O4. The van der Waals surface area contributed by atoms with Crippen LogP contribution in [0.1, 0.15) is 21.6 Å². The zero-order valence-electron chi connectivity index (χ0n) is 13.9. The van der Waals surface area contributed by atoms with E-state index in [1.165, 1.54) is 0 Å². The molecule has 11 nitrogen and oxygen atoms in total. The molecule has 1 aliphatic carbocycles.